The molecule has 0 fully saturated rings. The Labute approximate surface area is 332 Å². The number of imide groups is 1. The van der Waals surface area contributed by atoms with Crippen LogP contribution in [0.2, 0.25) is 0 Å². The Morgan fingerprint density at radius 1 is 0.448 bits per heavy atom. The molecule has 3 aromatic heterocycles. The third-order valence-electron chi connectivity index (χ3n) is 10.7. The predicted octanol–water partition coefficient (Wildman–Crippen LogP) is 10.8. The van der Waals surface area contributed by atoms with Crippen molar-refractivity contribution in [1.82, 2.24) is 14.5 Å². The molecule has 58 heavy (non-hydrogen) atoms. The normalized spacial score (nSPS) is 12.1. The van der Waals surface area contributed by atoms with Crippen molar-refractivity contribution < 1.29 is 9.59 Å². The molecule has 0 atom stereocenters. The third-order valence-corrected chi connectivity index (χ3v) is 10.7. The molecule has 0 aliphatic carbocycles. The van der Waals surface area contributed by atoms with Crippen molar-refractivity contribution in [3.8, 4) is 62.3 Å². The second-order valence-corrected chi connectivity index (χ2v) is 14.0. The third kappa shape index (κ3) is 5.44. The largest absolute Gasteiger partial charge is 0.308 e. The van der Waals surface area contributed by atoms with Gasteiger partial charge >= 0.3 is 0 Å². The van der Waals surface area contributed by atoms with Gasteiger partial charge in [0, 0.05) is 57.8 Å². The lowest BCUT2D eigenvalue weighted by Crippen LogP contribution is -2.30. The van der Waals surface area contributed by atoms with Crippen LogP contribution in [0.25, 0.3) is 72.0 Å². The number of hydrogen-bond acceptors (Lipinski definition) is 6. The van der Waals surface area contributed by atoms with Crippen LogP contribution in [-0.2, 0) is 0 Å². The summed E-state index contributed by atoms with van der Waals surface area (Å²) in [4.78, 5) is 39.9. The van der Waals surface area contributed by atoms with E-state index in [1.165, 1.54) is 17.3 Å². The molecule has 0 saturated heterocycles. The molecule has 0 N–H and O–H groups in total. The van der Waals surface area contributed by atoms with Crippen LogP contribution >= 0.6 is 0 Å². The molecule has 8 nitrogen and oxygen atoms in total. The standard InChI is InChI=1S/C50H28N6O2/c51-25-31-21-37(29-53-27-31)35-17-19-44-42(23-35)43-24-36(38-22-32(26-52)28-54-30-38)18-20-45(43)55(44)46-16-8-15-41-47(46)50(58)56(49(41)57)48-39(33-9-3-1-4-10-33)13-7-14-40(48)34-11-5-2-6-12-34/h1-24,27-30H. The number of aromatic nitrogens is 3. The van der Waals surface area contributed by atoms with Gasteiger partial charge in [-0.15, -0.1) is 0 Å². The van der Waals surface area contributed by atoms with Gasteiger partial charge in [-0.1, -0.05) is 97.1 Å². The van der Waals surface area contributed by atoms with Gasteiger partial charge in [0.05, 0.1) is 44.7 Å². The van der Waals surface area contributed by atoms with Gasteiger partial charge in [0.15, 0.2) is 0 Å². The number of para-hydroxylation sites is 1. The van der Waals surface area contributed by atoms with E-state index in [0.29, 0.717) is 33.6 Å². The number of anilines is 1. The van der Waals surface area contributed by atoms with E-state index in [1.807, 2.05) is 120 Å². The summed E-state index contributed by atoms with van der Waals surface area (Å²) < 4.78 is 2.04. The molecule has 6 aromatic carbocycles. The molecule has 9 aromatic rings. The van der Waals surface area contributed by atoms with Crippen molar-refractivity contribution in [2.45, 2.75) is 0 Å². The highest BCUT2D eigenvalue weighted by atomic mass is 16.2. The molecule has 0 bridgehead atoms. The summed E-state index contributed by atoms with van der Waals surface area (Å²) in [5, 5.41) is 21.0. The van der Waals surface area contributed by atoms with Crippen LogP contribution in [0.1, 0.15) is 31.8 Å². The summed E-state index contributed by atoms with van der Waals surface area (Å²) in [7, 11) is 0. The van der Waals surface area contributed by atoms with E-state index in [-0.39, 0.29) is 0 Å². The number of nitriles is 2. The van der Waals surface area contributed by atoms with E-state index in [1.54, 1.807) is 30.6 Å². The van der Waals surface area contributed by atoms with Crippen LogP contribution in [0.5, 0.6) is 0 Å². The summed E-state index contributed by atoms with van der Waals surface area (Å²) in [6.07, 6.45) is 6.52. The van der Waals surface area contributed by atoms with E-state index in [2.05, 4.69) is 34.2 Å². The SMILES string of the molecule is N#Cc1cncc(-c2ccc3c(c2)c2cc(-c4cncc(C#N)c4)ccc2n3-c2cccc3c2C(=O)N(c2c(-c4ccccc4)cccc2-c2ccccc2)C3=O)c1. The molecule has 1 aliphatic heterocycles. The number of hydrogen-bond donors (Lipinski definition) is 0. The Balaban J connectivity index is 1.20. The van der Waals surface area contributed by atoms with Gasteiger partial charge in [-0.2, -0.15) is 10.5 Å². The first kappa shape index (κ1) is 34.1. The lowest BCUT2D eigenvalue weighted by Gasteiger charge is -2.23. The molecule has 0 unspecified atom stereocenters. The Bertz CT molecular complexity index is 3080. The highest BCUT2D eigenvalue weighted by Crippen LogP contribution is 2.45. The molecule has 0 saturated carbocycles. The molecule has 4 heterocycles. The average molecular weight is 745 g/mol. The lowest BCUT2D eigenvalue weighted by molar-refractivity contribution is 0.0926. The van der Waals surface area contributed by atoms with Crippen LogP contribution in [0, 0.1) is 22.7 Å². The highest BCUT2D eigenvalue weighted by Gasteiger charge is 2.41. The second-order valence-electron chi connectivity index (χ2n) is 14.0. The summed E-state index contributed by atoms with van der Waals surface area (Å²) in [5.41, 5.74) is 10.8. The molecule has 8 heteroatoms. The number of benzene rings is 6. The monoisotopic (exact) mass is 744 g/mol. The molecule has 2 amide bonds. The van der Waals surface area contributed by atoms with Gasteiger partial charge in [0.25, 0.3) is 11.8 Å². The zero-order chi connectivity index (χ0) is 39.3. The number of carbonyl (C=O) groups is 2. The second kappa shape index (κ2) is 13.7. The van der Waals surface area contributed by atoms with E-state index in [4.69, 9.17) is 0 Å². The lowest BCUT2D eigenvalue weighted by atomic mass is 9.95. The number of rotatable bonds is 6. The fourth-order valence-corrected chi connectivity index (χ4v) is 8.10. The van der Waals surface area contributed by atoms with Crippen LogP contribution in [0.4, 0.5) is 5.69 Å². The Morgan fingerprint density at radius 2 is 0.948 bits per heavy atom. The Kier molecular flexibility index (Phi) is 8.04. The van der Waals surface area contributed by atoms with Crippen molar-refractivity contribution in [2.75, 3.05) is 4.90 Å². The van der Waals surface area contributed by atoms with E-state index in [9.17, 15) is 15.3 Å². The first-order valence-corrected chi connectivity index (χ1v) is 18.6. The van der Waals surface area contributed by atoms with E-state index >= 15 is 4.79 Å². The van der Waals surface area contributed by atoms with Crippen molar-refractivity contribution in [3.63, 3.8) is 0 Å². The van der Waals surface area contributed by atoms with Gasteiger partial charge in [-0.05, 0) is 70.8 Å². The van der Waals surface area contributed by atoms with Crippen LogP contribution in [0.3, 0.4) is 0 Å². The minimum Gasteiger partial charge on any atom is -0.308 e. The van der Waals surface area contributed by atoms with Gasteiger partial charge < -0.3 is 4.57 Å². The highest BCUT2D eigenvalue weighted by molar-refractivity contribution is 6.37. The van der Waals surface area contributed by atoms with Gasteiger partial charge in [0.1, 0.15) is 12.1 Å². The van der Waals surface area contributed by atoms with Crippen molar-refractivity contribution in [2.24, 2.45) is 0 Å². The van der Waals surface area contributed by atoms with Crippen LogP contribution in [-0.4, -0.2) is 26.3 Å². The van der Waals surface area contributed by atoms with E-state index in [0.717, 1.165) is 66.3 Å². The first-order chi connectivity index (χ1) is 28.5. The number of amides is 2. The number of nitrogens with zero attached hydrogens (tertiary/aromatic N) is 6. The summed E-state index contributed by atoms with van der Waals surface area (Å²) in [5.74, 6) is -0.819. The van der Waals surface area contributed by atoms with Crippen LogP contribution < -0.4 is 4.90 Å². The minimum atomic E-state index is -0.418. The maximum Gasteiger partial charge on any atom is 0.268 e. The summed E-state index contributed by atoms with van der Waals surface area (Å²) >= 11 is 0. The molecule has 0 spiro atoms. The maximum absolute atomic E-state index is 15.2. The number of fused-ring (bicyclic) bond motifs is 4. The zero-order valence-electron chi connectivity index (χ0n) is 30.7. The predicted molar refractivity (Wildman–Crippen MR) is 225 cm³/mol. The fourth-order valence-electron chi connectivity index (χ4n) is 8.10. The molecule has 10 rings (SSSR count). The topological polar surface area (TPSA) is 116 Å². The van der Waals surface area contributed by atoms with Gasteiger partial charge in [0.2, 0.25) is 0 Å². The molecule has 1 aliphatic rings. The molecular weight excluding hydrogens is 717 g/mol. The Hall–Kier alpha value is -8.46. The first-order valence-electron chi connectivity index (χ1n) is 18.6. The maximum atomic E-state index is 15.2. The van der Waals surface area contributed by atoms with Crippen molar-refractivity contribution >= 4 is 39.3 Å². The minimum absolute atomic E-state index is 0.304. The molecule has 270 valence electrons. The van der Waals surface area contributed by atoms with Crippen molar-refractivity contribution in [1.29, 1.82) is 10.5 Å². The zero-order valence-corrected chi connectivity index (χ0v) is 30.7. The van der Waals surface area contributed by atoms with E-state index < -0.39 is 11.8 Å². The van der Waals surface area contributed by atoms with Crippen LogP contribution in [0.15, 0.2) is 170 Å². The smallest absolute Gasteiger partial charge is 0.268 e. The fraction of sp³-hybridized carbons (Fsp3) is 0. The van der Waals surface area contributed by atoms with Crippen molar-refractivity contribution in [3.05, 3.63) is 193 Å². The molecular formula is C50H28N6O2. The average Bonchev–Trinajstić information content (AvgIpc) is 3.75. The quantitative estimate of drug-likeness (QED) is 0.157. The molecule has 0 radical (unpaired) electrons. The number of carbonyl (C=O) groups excluding carboxylic acids is 2. The summed E-state index contributed by atoms with van der Waals surface area (Å²) in [6.45, 7) is 0. The summed E-state index contributed by atoms with van der Waals surface area (Å²) in [6, 6.07) is 50.9. The number of pyridine rings is 2. The van der Waals surface area contributed by atoms with Gasteiger partial charge in [-0.25, -0.2) is 4.90 Å². The Morgan fingerprint density at radius 3 is 1.47 bits per heavy atom. The van der Waals surface area contributed by atoms with Gasteiger partial charge in [-0.3, -0.25) is 19.6 Å².